The summed E-state index contributed by atoms with van der Waals surface area (Å²) < 4.78 is 21.3. The zero-order valence-corrected chi connectivity index (χ0v) is 25.0. The van der Waals surface area contributed by atoms with Crippen LogP contribution in [0.15, 0.2) is 84.9 Å². The molecular formula is C35H41FN2O5. The van der Waals surface area contributed by atoms with E-state index >= 15 is 0 Å². The van der Waals surface area contributed by atoms with Crippen molar-refractivity contribution in [3.05, 3.63) is 102 Å². The van der Waals surface area contributed by atoms with Gasteiger partial charge in [0.25, 0.3) is 5.91 Å². The molecule has 7 nitrogen and oxygen atoms in total. The van der Waals surface area contributed by atoms with Crippen LogP contribution in [0.4, 0.5) is 10.1 Å². The van der Waals surface area contributed by atoms with Crippen LogP contribution in [0.3, 0.4) is 0 Å². The van der Waals surface area contributed by atoms with Crippen molar-refractivity contribution in [2.24, 2.45) is 0 Å². The lowest BCUT2D eigenvalue weighted by atomic mass is 9.96. The lowest BCUT2D eigenvalue weighted by Gasteiger charge is -2.20. The van der Waals surface area contributed by atoms with Gasteiger partial charge < -0.3 is 29.9 Å². The molecule has 0 aliphatic rings. The molecule has 0 aliphatic heterocycles. The third-order valence-electron chi connectivity index (χ3n) is 7.33. The van der Waals surface area contributed by atoms with Crippen molar-refractivity contribution in [3.8, 4) is 22.4 Å². The number of hydrogen-bond acceptors (Lipinski definition) is 5. The number of aliphatic hydroxyl groups is 3. The average molecular weight is 589 g/mol. The Labute approximate surface area is 252 Å². The Bertz CT molecular complexity index is 1460. The Morgan fingerprint density at radius 3 is 2.14 bits per heavy atom. The number of benzene rings is 3. The smallest absolute Gasteiger partial charge is 0.258 e. The van der Waals surface area contributed by atoms with Crippen LogP contribution in [0.2, 0.25) is 0 Å². The third-order valence-corrected chi connectivity index (χ3v) is 7.33. The number of aromatic nitrogens is 1. The summed E-state index contributed by atoms with van der Waals surface area (Å²) in [7, 11) is 0. The first kappa shape index (κ1) is 32.1. The number of para-hydroxylation sites is 1. The van der Waals surface area contributed by atoms with E-state index < -0.39 is 18.0 Å². The highest BCUT2D eigenvalue weighted by Gasteiger charge is 2.28. The third kappa shape index (κ3) is 8.84. The number of hydrogen-bond donors (Lipinski definition) is 4. The monoisotopic (exact) mass is 588 g/mol. The first-order chi connectivity index (χ1) is 20.5. The van der Waals surface area contributed by atoms with Crippen LogP contribution in [-0.4, -0.2) is 50.4 Å². The number of nitrogens with one attached hydrogen (secondary N) is 1. The van der Waals surface area contributed by atoms with Crippen molar-refractivity contribution in [1.82, 2.24) is 4.57 Å². The van der Waals surface area contributed by atoms with Gasteiger partial charge in [-0.2, -0.15) is 0 Å². The maximum absolute atomic E-state index is 14.0. The van der Waals surface area contributed by atoms with Gasteiger partial charge >= 0.3 is 0 Å². The van der Waals surface area contributed by atoms with E-state index in [-0.39, 0.29) is 18.1 Å². The number of anilines is 1. The van der Waals surface area contributed by atoms with E-state index in [4.69, 9.17) is 4.74 Å². The van der Waals surface area contributed by atoms with Crippen LogP contribution >= 0.6 is 0 Å². The van der Waals surface area contributed by atoms with E-state index in [1.54, 1.807) is 26.0 Å². The molecule has 0 bridgehead atoms. The SMILES string of the molecule is Cc1c(C(=O)Nc2ccccc2)c(-c2ccccc2)c(-c2ccc(F)cc2)n1CCC(O)CC(O)CCCOC(C)(C)O. The van der Waals surface area contributed by atoms with Crippen molar-refractivity contribution < 1.29 is 29.2 Å². The lowest BCUT2D eigenvalue weighted by molar-refractivity contribution is -0.177. The summed E-state index contributed by atoms with van der Waals surface area (Å²) in [6, 6.07) is 25.0. The first-order valence-electron chi connectivity index (χ1n) is 14.7. The molecule has 4 aromatic rings. The van der Waals surface area contributed by atoms with Gasteiger partial charge in [0.2, 0.25) is 0 Å². The number of halogens is 1. The maximum Gasteiger partial charge on any atom is 0.258 e. The summed E-state index contributed by atoms with van der Waals surface area (Å²) in [5, 5.41) is 34.1. The van der Waals surface area contributed by atoms with Gasteiger partial charge in [-0.25, -0.2) is 4.39 Å². The lowest BCUT2D eigenvalue weighted by Crippen LogP contribution is -2.25. The molecule has 2 unspecified atom stereocenters. The second-order valence-electron chi connectivity index (χ2n) is 11.3. The molecule has 0 fully saturated rings. The van der Waals surface area contributed by atoms with Gasteiger partial charge in [-0.1, -0.05) is 48.5 Å². The molecule has 1 heterocycles. The minimum Gasteiger partial charge on any atom is -0.393 e. The first-order valence-corrected chi connectivity index (χ1v) is 14.7. The van der Waals surface area contributed by atoms with E-state index in [1.165, 1.54) is 12.1 Å². The number of nitrogens with zero attached hydrogens (tertiary/aromatic N) is 1. The molecule has 0 saturated heterocycles. The number of carbonyl (C=O) groups is 1. The van der Waals surface area contributed by atoms with Crippen LogP contribution < -0.4 is 5.32 Å². The standard InChI is InChI=1S/C35H41FN2O5/c1-24-31(34(41)37-28-13-8-5-9-14-28)32(25-11-6-4-7-12-25)33(26-16-18-27(36)19-17-26)38(24)21-20-30(40)23-29(39)15-10-22-43-35(2,3)42/h4-9,11-14,16-19,29-30,39-40,42H,10,15,20-23H2,1-3H3,(H,37,41). The van der Waals surface area contributed by atoms with Crippen LogP contribution in [0, 0.1) is 12.7 Å². The number of rotatable bonds is 14. The molecular weight excluding hydrogens is 547 g/mol. The second-order valence-corrected chi connectivity index (χ2v) is 11.3. The molecule has 0 saturated carbocycles. The second kappa shape index (κ2) is 14.6. The average Bonchev–Trinajstić information content (AvgIpc) is 3.27. The van der Waals surface area contributed by atoms with Gasteiger partial charge in [0, 0.05) is 23.5 Å². The Kier molecular flexibility index (Phi) is 10.9. The van der Waals surface area contributed by atoms with Crippen molar-refractivity contribution >= 4 is 11.6 Å². The fourth-order valence-corrected chi connectivity index (χ4v) is 5.27. The minimum atomic E-state index is -1.23. The van der Waals surface area contributed by atoms with Gasteiger partial charge in [-0.05, 0) is 94.0 Å². The molecule has 0 aliphatic carbocycles. The van der Waals surface area contributed by atoms with Gasteiger partial charge in [-0.3, -0.25) is 4.79 Å². The highest BCUT2D eigenvalue weighted by atomic mass is 19.1. The summed E-state index contributed by atoms with van der Waals surface area (Å²) in [6.07, 6.45) is -0.0387. The zero-order valence-electron chi connectivity index (χ0n) is 25.0. The molecule has 0 radical (unpaired) electrons. The summed E-state index contributed by atoms with van der Waals surface area (Å²) in [6.45, 7) is 5.65. The minimum absolute atomic E-state index is 0.182. The highest BCUT2D eigenvalue weighted by Crippen LogP contribution is 2.40. The van der Waals surface area contributed by atoms with Gasteiger partial charge in [0.1, 0.15) is 5.82 Å². The number of carbonyl (C=O) groups excluding carboxylic acids is 1. The Morgan fingerprint density at radius 2 is 1.51 bits per heavy atom. The summed E-state index contributed by atoms with van der Waals surface area (Å²) in [5.74, 6) is -1.86. The molecule has 43 heavy (non-hydrogen) atoms. The molecule has 228 valence electrons. The van der Waals surface area contributed by atoms with Crippen LogP contribution in [0.1, 0.15) is 55.6 Å². The quantitative estimate of drug-likeness (QED) is 0.0988. The highest BCUT2D eigenvalue weighted by molar-refractivity contribution is 6.12. The number of ether oxygens (including phenoxy) is 1. The van der Waals surface area contributed by atoms with Crippen molar-refractivity contribution in [2.45, 2.75) is 71.0 Å². The molecule has 4 N–H and O–H groups in total. The van der Waals surface area contributed by atoms with E-state index in [0.29, 0.717) is 49.4 Å². The summed E-state index contributed by atoms with van der Waals surface area (Å²) in [4.78, 5) is 13.9. The zero-order chi connectivity index (χ0) is 31.0. The molecule has 8 heteroatoms. The van der Waals surface area contributed by atoms with Crippen LogP contribution in [-0.2, 0) is 11.3 Å². The molecule has 1 aromatic heterocycles. The number of aliphatic hydroxyl groups excluding tert-OH is 2. The van der Waals surface area contributed by atoms with Crippen LogP contribution in [0.25, 0.3) is 22.4 Å². The predicted octanol–water partition coefficient (Wildman–Crippen LogP) is 6.55. The topological polar surface area (TPSA) is 104 Å². The van der Waals surface area contributed by atoms with E-state index in [0.717, 1.165) is 22.4 Å². The van der Waals surface area contributed by atoms with E-state index in [1.807, 2.05) is 72.2 Å². The van der Waals surface area contributed by atoms with Crippen LogP contribution in [0.5, 0.6) is 0 Å². The van der Waals surface area contributed by atoms with Crippen molar-refractivity contribution in [2.75, 3.05) is 11.9 Å². The van der Waals surface area contributed by atoms with E-state index in [9.17, 15) is 24.5 Å². The molecule has 3 aromatic carbocycles. The fourth-order valence-electron chi connectivity index (χ4n) is 5.27. The van der Waals surface area contributed by atoms with Crippen molar-refractivity contribution in [3.63, 3.8) is 0 Å². The van der Waals surface area contributed by atoms with Gasteiger partial charge in [-0.15, -0.1) is 0 Å². The van der Waals surface area contributed by atoms with E-state index in [2.05, 4.69) is 5.32 Å². The summed E-state index contributed by atoms with van der Waals surface area (Å²) in [5.41, 5.74) is 4.92. The Morgan fingerprint density at radius 1 is 0.907 bits per heavy atom. The molecule has 2 atom stereocenters. The summed E-state index contributed by atoms with van der Waals surface area (Å²) >= 11 is 0. The normalized spacial score (nSPS) is 13.1. The van der Waals surface area contributed by atoms with Crippen molar-refractivity contribution in [1.29, 1.82) is 0 Å². The maximum atomic E-state index is 14.0. The Balaban J connectivity index is 1.65. The molecule has 0 spiro atoms. The molecule has 1 amide bonds. The van der Waals surface area contributed by atoms with Gasteiger partial charge in [0.15, 0.2) is 5.79 Å². The van der Waals surface area contributed by atoms with Gasteiger partial charge in [0.05, 0.1) is 30.1 Å². The Hall–Kier alpha value is -3.82. The fraction of sp³-hybridized carbons (Fsp3) is 0.343. The molecule has 4 rings (SSSR count). The number of amides is 1. The largest absolute Gasteiger partial charge is 0.393 e. The predicted molar refractivity (Wildman–Crippen MR) is 167 cm³/mol.